The van der Waals surface area contributed by atoms with Crippen LogP contribution in [0, 0.1) is 6.92 Å². The third-order valence-corrected chi connectivity index (χ3v) is 4.48. The molecule has 1 aromatic heterocycles. The lowest BCUT2D eigenvalue weighted by molar-refractivity contribution is 0.0989. The van der Waals surface area contributed by atoms with Gasteiger partial charge in [-0.15, -0.1) is 0 Å². The van der Waals surface area contributed by atoms with Crippen LogP contribution in [0.2, 0.25) is 0 Å². The summed E-state index contributed by atoms with van der Waals surface area (Å²) >= 11 is 0. The fraction of sp³-hybridized carbons (Fsp3) is 0.450. The molecular formula is C20H26N4O2. The summed E-state index contributed by atoms with van der Waals surface area (Å²) in [7, 11) is 0. The van der Waals surface area contributed by atoms with E-state index in [2.05, 4.69) is 33.9 Å². The molecular weight excluding hydrogens is 328 g/mol. The van der Waals surface area contributed by atoms with E-state index >= 15 is 0 Å². The minimum absolute atomic E-state index is 0.207. The van der Waals surface area contributed by atoms with Crippen molar-refractivity contribution >= 4 is 11.9 Å². The first-order valence-electron chi connectivity index (χ1n) is 9.25. The Balaban J connectivity index is 1.64. The molecule has 0 aliphatic carbocycles. The smallest absolute Gasteiger partial charge is 0.409 e. The number of amides is 1. The van der Waals surface area contributed by atoms with E-state index in [1.807, 2.05) is 31.2 Å². The Labute approximate surface area is 154 Å². The van der Waals surface area contributed by atoms with Crippen LogP contribution in [-0.2, 0) is 4.74 Å². The highest BCUT2D eigenvalue weighted by Crippen LogP contribution is 2.22. The van der Waals surface area contributed by atoms with Gasteiger partial charge in [0.05, 0.1) is 12.3 Å². The van der Waals surface area contributed by atoms with Crippen molar-refractivity contribution in [3.8, 4) is 11.3 Å². The highest BCUT2D eigenvalue weighted by atomic mass is 16.6. The first-order chi connectivity index (χ1) is 12.7. The van der Waals surface area contributed by atoms with Crippen LogP contribution in [0.25, 0.3) is 11.3 Å². The van der Waals surface area contributed by atoms with Crippen LogP contribution in [0.5, 0.6) is 0 Å². The third kappa shape index (κ3) is 4.50. The summed E-state index contributed by atoms with van der Waals surface area (Å²) in [6, 6.07) is 12.1. The second-order valence-corrected chi connectivity index (χ2v) is 6.47. The molecule has 2 heterocycles. The van der Waals surface area contributed by atoms with Crippen molar-refractivity contribution in [3.63, 3.8) is 0 Å². The molecule has 0 spiro atoms. The Bertz CT molecular complexity index is 728. The number of hydrogen-bond donors (Lipinski definition) is 0. The van der Waals surface area contributed by atoms with E-state index in [-0.39, 0.29) is 6.09 Å². The number of benzene rings is 1. The number of nitrogens with zero attached hydrogens (tertiary/aromatic N) is 4. The number of ether oxygens (including phenoxy) is 1. The summed E-state index contributed by atoms with van der Waals surface area (Å²) in [6.45, 7) is 7.28. The summed E-state index contributed by atoms with van der Waals surface area (Å²) in [5.41, 5.74) is 2.01. The van der Waals surface area contributed by atoms with Gasteiger partial charge in [0.15, 0.2) is 0 Å². The third-order valence-electron chi connectivity index (χ3n) is 4.48. The van der Waals surface area contributed by atoms with Gasteiger partial charge in [-0.05, 0) is 13.3 Å². The van der Waals surface area contributed by atoms with Gasteiger partial charge >= 0.3 is 6.09 Å². The Hall–Kier alpha value is -2.63. The molecule has 6 nitrogen and oxygen atoms in total. The highest BCUT2D eigenvalue weighted by molar-refractivity contribution is 5.68. The van der Waals surface area contributed by atoms with Crippen molar-refractivity contribution in [1.29, 1.82) is 0 Å². The van der Waals surface area contributed by atoms with Gasteiger partial charge < -0.3 is 14.5 Å². The van der Waals surface area contributed by atoms with Gasteiger partial charge in [-0.25, -0.2) is 14.8 Å². The molecule has 1 fully saturated rings. The molecule has 26 heavy (non-hydrogen) atoms. The molecule has 0 bridgehead atoms. The lowest BCUT2D eigenvalue weighted by Gasteiger charge is -2.35. The number of aromatic nitrogens is 2. The van der Waals surface area contributed by atoms with Crippen molar-refractivity contribution in [2.75, 3.05) is 37.7 Å². The summed E-state index contributed by atoms with van der Waals surface area (Å²) < 4.78 is 5.30. The number of carbonyl (C=O) groups excluding carboxylic acids is 1. The van der Waals surface area contributed by atoms with Gasteiger partial charge in [0, 0.05) is 37.8 Å². The van der Waals surface area contributed by atoms with E-state index in [1.54, 1.807) is 4.90 Å². The van der Waals surface area contributed by atoms with Gasteiger partial charge in [-0.2, -0.15) is 0 Å². The lowest BCUT2D eigenvalue weighted by atomic mass is 10.1. The maximum Gasteiger partial charge on any atom is 0.409 e. The van der Waals surface area contributed by atoms with Gasteiger partial charge in [-0.1, -0.05) is 43.7 Å². The first-order valence-corrected chi connectivity index (χ1v) is 9.25. The van der Waals surface area contributed by atoms with Crippen molar-refractivity contribution in [1.82, 2.24) is 14.9 Å². The number of piperazine rings is 1. The van der Waals surface area contributed by atoms with E-state index in [1.165, 1.54) is 0 Å². The minimum atomic E-state index is -0.207. The summed E-state index contributed by atoms with van der Waals surface area (Å²) in [5, 5.41) is 0. The van der Waals surface area contributed by atoms with Crippen LogP contribution in [0.4, 0.5) is 10.6 Å². The number of anilines is 1. The standard InChI is InChI=1S/C20H26N4O2/c1-3-4-14-26-20(25)24-12-10-23(11-13-24)19-15-18(21-16(2)22-19)17-8-6-5-7-9-17/h5-9,15H,3-4,10-14H2,1-2H3. The van der Waals surface area contributed by atoms with Crippen molar-refractivity contribution in [3.05, 3.63) is 42.2 Å². The molecule has 1 amide bonds. The van der Waals surface area contributed by atoms with Crippen LogP contribution in [0.3, 0.4) is 0 Å². The Kier molecular flexibility index (Phi) is 6.04. The van der Waals surface area contributed by atoms with Crippen LogP contribution in [-0.4, -0.2) is 53.7 Å². The molecule has 1 saturated heterocycles. The monoisotopic (exact) mass is 354 g/mol. The zero-order valence-corrected chi connectivity index (χ0v) is 15.5. The maximum absolute atomic E-state index is 12.1. The number of hydrogen-bond acceptors (Lipinski definition) is 5. The number of rotatable bonds is 5. The second kappa shape index (κ2) is 8.65. The molecule has 0 N–H and O–H groups in total. The van der Waals surface area contributed by atoms with E-state index in [0.29, 0.717) is 19.7 Å². The predicted octanol–water partition coefficient (Wildman–Crippen LogP) is 3.51. The van der Waals surface area contributed by atoms with E-state index in [9.17, 15) is 4.79 Å². The Morgan fingerprint density at radius 2 is 1.85 bits per heavy atom. The van der Waals surface area contributed by atoms with E-state index in [4.69, 9.17) is 4.74 Å². The minimum Gasteiger partial charge on any atom is -0.449 e. The van der Waals surface area contributed by atoms with E-state index < -0.39 is 0 Å². The number of carbonyl (C=O) groups is 1. The molecule has 1 aliphatic rings. The van der Waals surface area contributed by atoms with Crippen LogP contribution in [0.1, 0.15) is 25.6 Å². The molecule has 1 aliphatic heterocycles. The van der Waals surface area contributed by atoms with Crippen molar-refractivity contribution in [2.24, 2.45) is 0 Å². The maximum atomic E-state index is 12.1. The summed E-state index contributed by atoms with van der Waals surface area (Å²) in [4.78, 5) is 25.2. The first kappa shape index (κ1) is 18.2. The van der Waals surface area contributed by atoms with Gasteiger partial charge in [-0.3, -0.25) is 0 Å². The highest BCUT2D eigenvalue weighted by Gasteiger charge is 2.23. The Morgan fingerprint density at radius 1 is 1.12 bits per heavy atom. The van der Waals surface area contributed by atoms with Crippen LogP contribution < -0.4 is 4.90 Å². The molecule has 138 valence electrons. The molecule has 1 aromatic carbocycles. The van der Waals surface area contributed by atoms with Crippen molar-refractivity contribution < 1.29 is 9.53 Å². The molecule has 0 radical (unpaired) electrons. The van der Waals surface area contributed by atoms with Gasteiger partial charge in [0.25, 0.3) is 0 Å². The van der Waals surface area contributed by atoms with Gasteiger partial charge in [0.2, 0.25) is 0 Å². The van der Waals surface area contributed by atoms with Gasteiger partial charge in [0.1, 0.15) is 11.6 Å². The number of unbranched alkanes of at least 4 members (excludes halogenated alkanes) is 1. The summed E-state index contributed by atoms with van der Waals surface area (Å²) in [6.07, 6.45) is 1.73. The zero-order valence-electron chi connectivity index (χ0n) is 15.5. The number of aryl methyl sites for hydroxylation is 1. The molecule has 0 saturated carbocycles. The Morgan fingerprint density at radius 3 is 2.54 bits per heavy atom. The van der Waals surface area contributed by atoms with Crippen molar-refractivity contribution in [2.45, 2.75) is 26.7 Å². The quantitative estimate of drug-likeness (QED) is 0.769. The zero-order chi connectivity index (χ0) is 18.4. The fourth-order valence-corrected chi connectivity index (χ4v) is 2.98. The van der Waals surface area contributed by atoms with Crippen LogP contribution in [0.15, 0.2) is 36.4 Å². The van der Waals surface area contributed by atoms with E-state index in [0.717, 1.165) is 48.8 Å². The molecule has 2 aromatic rings. The largest absolute Gasteiger partial charge is 0.449 e. The molecule has 0 unspecified atom stereocenters. The fourth-order valence-electron chi connectivity index (χ4n) is 2.98. The predicted molar refractivity (Wildman–Crippen MR) is 102 cm³/mol. The second-order valence-electron chi connectivity index (χ2n) is 6.47. The average Bonchev–Trinajstić information content (AvgIpc) is 2.68. The lowest BCUT2D eigenvalue weighted by Crippen LogP contribution is -2.49. The average molecular weight is 354 g/mol. The normalized spacial score (nSPS) is 14.4. The molecule has 6 heteroatoms. The molecule has 3 rings (SSSR count). The SMILES string of the molecule is CCCCOC(=O)N1CCN(c2cc(-c3ccccc3)nc(C)n2)CC1. The molecule has 0 atom stereocenters. The van der Waals surface area contributed by atoms with Crippen LogP contribution >= 0.6 is 0 Å². The topological polar surface area (TPSA) is 58.6 Å². The summed E-state index contributed by atoms with van der Waals surface area (Å²) in [5.74, 6) is 1.66.